The molecule has 2 aromatic carbocycles. The number of rotatable bonds is 5. The molecular weight excluding hydrogens is 254 g/mol. The van der Waals surface area contributed by atoms with Crippen LogP contribution in [0.25, 0.3) is 0 Å². The highest BCUT2D eigenvalue weighted by molar-refractivity contribution is 5.44. The van der Waals surface area contributed by atoms with Gasteiger partial charge in [-0.1, -0.05) is 12.1 Å². The SMILES string of the molecule is COc1cc(OC)cc(Oc2ccc(C(C)N)cc2)c1. The summed E-state index contributed by atoms with van der Waals surface area (Å²) in [4.78, 5) is 0. The first kappa shape index (κ1) is 14.2. The molecule has 2 aromatic rings. The fraction of sp³-hybridized carbons (Fsp3) is 0.250. The first-order valence-electron chi connectivity index (χ1n) is 6.39. The minimum Gasteiger partial charge on any atom is -0.496 e. The number of nitrogens with two attached hydrogens (primary N) is 1. The van der Waals surface area contributed by atoms with Crippen LogP contribution < -0.4 is 19.9 Å². The summed E-state index contributed by atoms with van der Waals surface area (Å²) in [6.07, 6.45) is 0. The van der Waals surface area contributed by atoms with Gasteiger partial charge in [-0.25, -0.2) is 0 Å². The Balaban J connectivity index is 2.20. The highest BCUT2D eigenvalue weighted by Gasteiger charge is 2.05. The molecule has 0 spiro atoms. The molecular formula is C16H19NO3. The van der Waals surface area contributed by atoms with Gasteiger partial charge in [-0.05, 0) is 24.6 Å². The van der Waals surface area contributed by atoms with E-state index in [-0.39, 0.29) is 6.04 Å². The van der Waals surface area contributed by atoms with Gasteiger partial charge in [-0.3, -0.25) is 0 Å². The Morgan fingerprint density at radius 3 is 1.75 bits per heavy atom. The summed E-state index contributed by atoms with van der Waals surface area (Å²) in [6, 6.07) is 13.1. The van der Waals surface area contributed by atoms with Gasteiger partial charge in [-0.2, -0.15) is 0 Å². The Kier molecular flexibility index (Phi) is 4.48. The molecule has 0 aliphatic carbocycles. The fourth-order valence-corrected chi connectivity index (χ4v) is 1.82. The van der Waals surface area contributed by atoms with Crippen molar-refractivity contribution < 1.29 is 14.2 Å². The third-order valence-corrected chi connectivity index (χ3v) is 2.97. The molecule has 0 saturated carbocycles. The normalized spacial score (nSPS) is 11.8. The predicted molar refractivity (Wildman–Crippen MR) is 78.7 cm³/mol. The minimum absolute atomic E-state index is 0.0148. The van der Waals surface area contributed by atoms with Crippen molar-refractivity contribution in [1.82, 2.24) is 0 Å². The summed E-state index contributed by atoms with van der Waals surface area (Å²) < 4.78 is 16.2. The second kappa shape index (κ2) is 6.30. The van der Waals surface area contributed by atoms with Crippen molar-refractivity contribution in [1.29, 1.82) is 0 Å². The molecule has 4 heteroatoms. The first-order chi connectivity index (χ1) is 9.62. The number of ether oxygens (including phenoxy) is 3. The second-order valence-electron chi connectivity index (χ2n) is 4.51. The molecule has 1 atom stereocenters. The first-order valence-corrected chi connectivity index (χ1v) is 6.39. The third-order valence-electron chi connectivity index (χ3n) is 2.97. The van der Waals surface area contributed by atoms with E-state index in [4.69, 9.17) is 19.9 Å². The summed E-state index contributed by atoms with van der Waals surface area (Å²) in [7, 11) is 3.21. The monoisotopic (exact) mass is 273 g/mol. The van der Waals surface area contributed by atoms with E-state index in [0.29, 0.717) is 17.2 Å². The largest absolute Gasteiger partial charge is 0.496 e. The van der Waals surface area contributed by atoms with Gasteiger partial charge in [0.25, 0.3) is 0 Å². The van der Waals surface area contributed by atoms with Gasteiger partial charge in [0, 0.05) is 24.2 Å². The van der Waals surface area contributed by atoms with Crippen LogP contribution in [0.15, 0.2) is 42.5 Å². The van der Waals surface area contributed by atoms with E-state index < -0.39 is 0 Å². The van der Waals surface area contributed by atoms with Crippen molar-refractivity contribution in [3.8, 4) is 23.0 Å². The van der Waals surface area contributed by atoms with Crippen LogP contribution in [0.3, 0.4) is 0 Å². The van der Waals surface area contributed by atoms with Crippen LogP contribution in [0.5, 0.6) is 23.0 Å². The average Bonchev–Trinajstić information content (AvgIpc) is 2.47. The molecule has 0 aliphatic rings. The molecule has 2 rings (SSSR count). The topological polar surface area (TPSA) is 53.7 Å². The van der Waals surface area contributed by atoms with E-state index in [0.717, 1.165) is 11.3 Å². The van der Waals surface area contributed by atoms with Gasteiger partial charge >= 0.3 is 0 Å². The lowest BCUT2D eigenvalue weighted by Gasteiger charge is -2.11. The van der Waals surface area contributed by atoms with E-state index in [9.17, 15) is 0 Å². The van der Waals surface area contributed by atoms with E-state index in [1.807, 2.05) is 43.3 Å². The molecule has 2 N–H and O–H groups in total. The molecule has 1 unspecified atom stereocenters. The Labute approximate surface area is 119 Å². The van der Waals surface area contributed by atoms with Crippen LogP contribution in [0, 0.1) is 0 Å². The summed E-state index contributed by atoms with van der Waals surface area (Å²) in [5, 5.41) is 0. The van der Waals surface area contributed by atoms with Gasteiger partial charge in [0.1, 0.15) is 23.0 Å². The molecule has 0 radical (unpaired) electrons. The molecule has 0 aliphatic heterocycles. The zero-order valence-corrected chi connectivity index (χ0v) is 11.9. The minimum atomic E-state index is 0.0148. The maximum Gasteiger partial charge on any atom is 0.134 e. The molecule has 20 heavy (non-hydrogen) atoms. The highest BCUT2D eigenvalue weighted by Crippen LogP contribution is 2.31. The third kappa shape index (κ3) is 3.42. The van der Waals surface area contributed by atoms with E-state index in [1.165, 1.54) is 0 Å². The average molecular weight is 273 g/mol. The van der Waals surface area contributed by atoms with Gasteiger partial charge in [0.05, 0.1) is 14.2 Å². The quantitative estimate of drug-likeness (QED) is 0.905. The number of hydrogen-bond acceptors (Lipinski definition) is 4. The molecule has 0 amide bonds. The van der Waals surface area contributed by atoms with Crippen LogP contribution in [0.4, 0.5) is 0 Å². The van der Waals surface area contributed by atoms with Crippen molar-refractivity contribution in [3.05, 3.63) is 48.0 Å². The van der Waals surface area contributed by atoms with Gasteiger partial charge in [0.2, 0.25) is 0 Å². The maximum absolute atomic E-state index is 5.82. The summed E-state index contributed by atoms with van der Waals surface area (Å²) >= 11 is 0. The van der Waals surface area contributed by atoms with E-state index in [1.54, 1.807) is 20.3 Å². The second-order valence-corrected chi connectivity index (χ2v) is 4.51. The van der Waals surface area contributed by atoms with Crippen LogP contribution in [-0.2, 0) is 0 Å². The lowest BCUT2D eigenvalue weighted by atomic mass is 10.1. The Morgan fingerprint density at radius 2 is 1.30 bits per heavy atom. The van der Waals surface area contributed by atoms with Crippen LogP contribution >= 0.6 is 0 Å². The smallest absolute Gasteiger partial charge is 0.134 e. The number of benzene rings is 2. The van der Waals surface area contributed by atoms with Crippen molar-refractivity contribution in [2.45, 2.75) is 13.0 Å². The van der Waals surface area contributed by atoms with Gasteiger partial charge in [0.15, 0.2) is 0 Å². The highest BCUT2D eigenvalue weighted by atomic mass is 16.5. The molecule has 106 valence electrons. The lowest BCUT2D eigenvalue weighted by molar-refractivity contribution is 0.386. The standard InChI is InChI=1S/C16H19NO3/c1-11(17)12-4-6-13(7-5-12)20-16-9-14(18-2)8-15(10-16)19-3/h4-11H,17H2,1-3H3. The van der Waals surface area contributed by atoms with Crippen molar-refractivity contribution in [2.24, 2.45) is 5.73 Å². The Bertz CT molecular complexity index is 542. The summed E-state index contributed by atoms with van der Waals surface area (Å²) in [5.74, 6) is 2.78. The number of hydrogen-bond donors (Lipinski definition) is 1. The van der Waals surface area contributed by atoms with Crippen molar-refractivity contribution >= 4 is 0 Å². The molecule has 4 nitrogen and oxygen atoms in total. The fourth-order valence-electron chi connectivity index (χ4n) is 1.82. The summed E-state index contributed by atoms with van der Waals surface area (Å²) in [6.45, 7) is 1.95. The zero-order chi connectivity index (χ0) is 14.5. The summed E-state index contributed by atoms with van der Waals surface area (Å²) in [5.41, 5.74) is 6.89. The Morgan fingerprint density at radius 1 is 0.800 bits per heavy atom. The van der Waals surface area contributed by atoms with Crippen LogP contribution in [0.2, 0.25) is 0 Å². The molecule has 0 bridgehead atoms. The van der Waals surface area contributed by atoms with E-state index in [2.05, 4.69) is 0 Å². The van der Waals surface area contributed by atoms with E-state index >= 15 is 0 Å². The zero-order valence-electron chi connectivity index (χ0n) is 11.9. The molecule has 0 saturated heterocycles. The maximum atomic E-state index is 5.82. The van der Waals surface area contributed by atoms with Crippen LogP contribution in [-0.4, -0.2) is 14.2 Å². The predicted octanol–water partition coefficient (Wildman–Crippen LogP) is 3.52. The van der Waals surface area contributed by atoms with Crippen molar-refractivity contribution in [2.75, 3.05) is 14.2 Å². The lowest BCUT2D eigenvalue weighted by Crippen LogP contribution is -2.04. The Hall–Kier alpha value is -2.20. The van der Waals surface area contributed by atoms with Gasteiger partial charge < -0.3 is 19.9 Å². The number of methoxy groups -OCH3 is 2. The van der Waals surface area contributed by atoms with Crippen molar-refractivity contribution in [3.63, 3.8) is 0 Å². The molecule has 0 fully saturated rings. The molecule has 0 aromatic heterocycles. The van der Waals surface area contributed by atoms with Crippen LogP contribution in [0.1, 0.15) is 18.5 Å². The molecule has 0 heterocycles. The van der Waals surface area contributed by atoms with Gasteiger partial charge in [-0.15, -0.1) is 0 Å².